The van der Waals surface area contributed by atoms with Gasteiger partial charge in [-0.1, -0.05) is 0 Å². The smallest absolute Gasteiger partial charge is 0.210 e. The van der Waals surface area contributed by atoms with Gasteiger partial charge in [0, 0.05) is 19.1 Å². The summed E-state index contributed by atoms with van der Waals surface area (Å²) in [7, 11) is 1.66. The van der Waals surface area contributed by atoms with E-state index in [1.807, 2.05) is 39.4 Å². The number of halogens is 1. The van der Waals surface area contributed by atoms with Crippen molar-refractivity contribution in [2.24, 2.45) is 11.0 Å². The molecule has 1 fully saturated rings. The molecule has 0 N–H and O–H groups in total. The predicted molar refractivity (Wildman–Crippen MR) is 103 cm³/mol. The van der Waals surface area contributed by atoms with Crippen LogP contribution in [0.4, 0.5) is 0 Å². The number of hydrazone groups is 1. The lowest BCUT2D eigenvalue weighted by Crippen LogP contribution is -2.21. The highest BCUT2D eigenvalue weighted by Gasteiger charge is 2.30. The van der Waals surface area contributed by atoms with Crippen LogP contribution in [0.5, 0.6) is 5.75 Å². The van der Waals surface area contributed by atoms with Crippen LogP contribution in [-0.2, 0) is 9.47 Å². The summed E-state index contributed by atoms with van der Waals surface area (Å²) < 4.78 is 18.4. The molecule has 4 rings (SSSR count). The van der Waals surface area contributed by atoms with Crippen LogP contribution < -0.4 is 4.74 Å². The lowest BCUT2D eigenvalue weighted by molar-refractivity contribution is 0.146. The highest BCUT2D eigenvalue weighted by Crippen LogP contribution is 2.38. The minimum Gasteiger partial charge on any atom is -0.491 e. The third-order valence-electron chi connectivity index (χ3n) is 4.46. The molecule has 0 saturated heterocycles. The fraction of sp³-hybridized carbons (Fsp3) is 0.421. The second-order valence-corrected chi connectivity index (χ2v) is 7.23. The van der Waals surface area contributed by atoms with Gasteiger partial charge in [0.15, 0.2) is 0 Å². The van der Waals surface area contributed by atoms with E-state index in [0.29, 0.717) is 19.6 Å². The second kappa shape index (κ2) is 7.72. The Labute approximate surface area is 162 Å². The predicted octanol–water partition coefficient (Wildman–Crippen LogP) is 3.92. The Morgan fingerprint density at radius 1 is 1.15 bits per heavy atom. The topological polar surface area (TPSA) is 46.5 Å². The molecule has 0 aromatic heterocycles. The summed E-state index contributed by atoms with van der Waals surface area (Å²) in [4.78, 5) is 0. The number of ether oxygens (including phenoxy) is 3. The van der Waals surface area contributed by atoms with Gasteiger partial charge in [-0.05, 0) is 49.1 Å². The molecule has 2 heterocycles. The van der Waals surface area contributed by atoms with Crippen LogP contribution in [0, 0.1) is 5.92 Å². The Morgan fingerprint density at radius 2 is 1.96 bits per heavy atom. The molecule has 1 aliphatic carbocycles. The van der Waals surface area contributed by atoms with Crippen molar-refractivity contribution in [1.82, 2.24) is 8.93 Å². The van der Waals surface area contributed by atoms with Gasteiger partial charge in [-0.15, -0.1) is 5.10 Å². The number of hydrogen-bond acceptors (Lipinski definition) is 6. The fourth-order valence-corrected chi connectivity index (χ4v) is 3.38. The van der Waals surface area contributed by atoms with Gasteiger partial charge < -0.3 is 14.2 Å². The molecule has 0 radical (unpaired) electrons. The molecule has 6 nitrogen and oxygen atoms in total. The maximum Gasteiger partial charge on any atom is 0.210 e. The maximum absolute atomic E-state index is 5.83. The molecule has 7 heteroatoms. The number of methoxy groups -OCH3 is 1. The Kier molecular flexibility index (Phi) is 5.17. The van der Waals surface area contributed by atoms with Crippen molar-refractivity contribution >= 4 is 27.7 Å². The van der Waals surface area contributed by atoms with Gasteiger partial charge in [-0.25, -0.2) is 5.01 Å². The first kappa shape index (κ1) is 17.4. The number of benzene rings is 1. The third-order valence-corrected chi connectivity index (χ3v) is 5.20. The number of hydrogen-bond donors (Lipinski definition) is 0. The van der Waals surface area contributed by atoms with Crippen LogP contribution >= 0.6 is 16.1 Å². The lowest BCUT2D eigenvalue weighted by Gasteiger charge is -2.22. The zero-order valence-electron chi connectivity index (χ0n) is 14.7. The molecule has 0 spiro atoms. The average Bonchev–Trinajstić information content (AvgIpc) is 3.44. The molecule has 138 valence electrons. The fourth-order valence-electron chi connectivity index (χ4n) is 2.78. The monoisotopic (exact) mass is 419 g/mol. The SMILES string of the molecule is COCCOc1ccc(C2=CN3N=C(OCC4CC4)CC=C3N2Br)cc1. The molecule has 2 aliphatic heterocycles. The van der Waals surface area contributed by atoms with E-state index in [1.165, 1.54) is 12.8 Å². The standard InChI is InChI=1S/C19H22BrN3O3/c1-24-10-11-25-16-6-4-15(5-7-16)17-12-22-19(23(17)20)9-8-18(21-22)26-13-14-2-3-14/h4-7,9,12,14H,2-3,8,10-11,13H2,1H3. The van der Waals surface area contributed by atoms with E-state index < -0.39 is 0 Å². The molecule has 1 saturated carbocycles. The Bertz CT molecular complexity index is 741. The number of fused-ring (bicyclic) bond motifs is 1. The van der Waals surface area contributed by atoms with Crippen molar-refractivity contribution in [2.75, 3.05) is 26.9 Å². The van der Waals surface area contributed by atoms with E-state index in [4.69, 9.17) is 14.2 Å². The van der Waals surface area contributed by atoms with Crippen LogP contribution in [-0.4, -0.2) is 41.8 Å². The minimum absolute atomic E-state index is 0.544. The molecule has 1 aromatic carbocycles. The van der Waals surface area contributed by atoms with E-state index >= 15 is 0 Å². The van der Waals surface area contributed by atoms with Gasteiger partial charge in [-0.3, -0.25) is 3.93 Å². The third kappa shape index (κ3) is 3.88. The first-order valence-corrected chi connectivity index (χ1v) is 9.55. The van der Waals surface area contributed by atoms with Gasteiger partial charge in [-0.2, -0.15) is 0 Å². The summed E-state index contributed by atoms with van der Waals surface area (Å²) in [5.41, 5.74) is 2.10. The van der Waals surface area contributed by atoms with E-state index in [-0.39, 0.29) is 0 Å². The van der Waals surface area contributed by atoms with Crippen molar-refractivity contribution in [2.45, 2.75) is 19.3 Å². The highest BCUT2D eigenvalue weighted by molar-refractivity contribution is 9.07. The molecule has 0 bridgehead atoms. The summed E-state index contributed by atoms with van der Waals surface area (Å²) in [6.45, 7) is 1.91. The molecule has 3 aliphatic rings. The molecular weight excluding hydrogens is 398 g/mol. The van der Waals surface area contributed by atoms with E-state index in [1.54, 1.807) is 7.11 Å². The zero-order valence-corrected chi connectivity index (χ0v) is 16.3. The van der Waals surface area contributed by atoms with Crippen LogP contribution in [0.2, 0.25) is 0 Å². The molecule has 26 heavy (non-hydrogen) atoms. The van der Waals surface area contributed by atoms with Gasteiger partial charge in [0.1, 0.15) is 18.2 Å². The zero-order chi connectivity index (χ0) is 17.9. The van der Waals surface area contributed by atoms with Gasteiger partial charge >= 0.3 is 0 Å². The van der Waals surface area contributed by atoms with Crippen molar-refractivity contribution in [3.63, 3.8) is 0 Å². The van der Waals surface area contributed by atoms with Gasteiger partial charge in [0.2, 0.25) is 5.90 Å². The Hall–Kier alpha value is -1.99. The Balaban J connectivity index is 1.44. The van der Waals surface area contributed by atoms with Gasteiger partial charge in [0.25, 0.3) is 0 Å². The largest absolute Gasteiger partial charge is 0.491 e. The van der Waals surface area contributed by atoms with Crippen molar-refractivity contribution in [3.8, 4) is 5.75 Å². The highest BCUT2D eigenvalue weighted by atomic mass is 79.9. The van der Waals surface area contributed by atoms with Crippen LogP contribution in [0.3, 0.4) is 0 Å². The van der Waals surface area contributed by atoms with Crippen LogP contribution in [0.1, 0.15) is 24.8 Å². The normalized spacial score (nSPS) is 18.9. The Morgan fingerprint density at radius 3 is 2.69 bits per heavy atom. The van der Waals surface area contributed by atoms with E-state index in [9.17, 15) is 0 Å². The first-order valence-electron chi connectivity index (χ1n) is 8.84. The molecule has 0 amide bonds. The summed E-state index contributed by atoms with van der Waals surface area (Å²) in [6.07, 6.45) is 7.40. The first-order chi connectivity index (χ1) is 12.7. The molecule has 0 unspecified atom stereocenters. The number of nitrogens with zero attached hydrogens (tertiary/aromatic N) is 3. The second-order valence-electron chi connectivity index (χ2n) is 6.52. The quantitative estimate of drug-likeness (QED) is 0.494. The average molecular weight is 420 g/mol. The molecule has 0 atom stereocenters. The number of rotatable bonds is 7. The summed E-state index contributed by atoms with van der Waals surface area (Å²) >= 11 is 3.64. The van der Waals surface area contributed by atoms with E-state index in [0.717, 1.165) is 41.3 Å². The van der Waals surface area contributed by atoms with Crippen molar-refractivity contribution in [1.29, 1.82) is 0 Å². The van der Waals surface area contributed by atoms with E-state index in [2.05, 4.69) is 27.3 Å². The van der Waals surface area contributed by atoms with Gasteiger partial charge in [0.05, 0.1) is 41.3 Å². The van der Waals surface area contributed by atoms with Crippen LogP contribution in [0.15, 0.2) is 47.5 Å². The summed E-state index contributed by atoms with van der Waals surface area (Å²) in [5.74, 6) is 3.32. The van der Waals surface area contributed by atoms with Crippen molar-refractivity contribution in [3.05, 3.63) is 47.9 Å². The molecular formula is C19H22BrN3O3. The summed E-state index contributed by atoms with van der Waals surface area (Å²) in [5, 5.41) is 6.47. The molecule has 1 aromatic rings. The van der Waals surface area contributed by atoms with Crippen molar-refractivity contribution < 1.29 is 14.2 Å². The van der Waals surface area contributed by atoms with Crippen LogP contribution in [0.25, 0.3) is 5.70 Å². The summed E-state index contributed by atoms with van der Waals surface area (Å²) in [6, 6.07) is 8.00. The minimum atomic E-state index is 0.544. The maximum atomic E-state index is 5.83. The lowest BCUT2D eigenvalue weighted by atomic mass is 10.1.